The SMILES string of the molecule is CCc1cnn2c(NCc3ccc(OCCCCCn4c(C#N)ccc(N[C@@H](C)c5cc6cc(Cl)ccc6[nH]c5=O)c4=O)nc3)cc(N3CCCC[C@H]3CCO)nc12. The van der Waals surface area contributed by atoms with Crippen molar-refractivity contribution in [2.45, 2.75) is 90.4 Å². The van der Waals surface area contributed by atoms with Gasteiger partial charge < -0.3 is 30.4 Å². The monoisotopic (exact) mass is 804 g/mol. The Balaban J connectivity index is 0.909. The van der Waals surface area contributed by atoms with Gasteiger partial charge in [0, 0.05) is 77.7 Å². The number of aryl methyl sites for hydroxylation is 1. The molecular formula is C43H49ClN10O4. The van der Waals surface area contributed by atoms with Crippen LogP contribution in [0.2, 0.25) is 5.02 Å². The highest BCUT2D eigenvalue weighted by atomic mass is 35.5. The standard InChI is InChI=1S/C43H49ClN10O4/c1-3-30-27-48-54-38(23-39(51-41(30)54)52-17-7-5-9-33(52)16-19-55)46-25-29-10-15-40(47-26-29)58-20-8-4-6-18-53-34(24-45)12-14-37(43(53)57)49-28(2)35-22-31-21-32(44)11-13-36(31)50-42(35)56/h10-15,21-23,26-28,33,46,49,55H,3-9,16-20,25H2,1-2H3,(H,50,56)/t28-,33-/m0/s1. The summed E-state index contributed by atoms with van der Waals surface area (Å²) in [6.45, 7) is 6.35. The normalized spacial score (nSPS) is 14.7. The minimum atomic E-state index is -0.481. The molecule has 7 rings (SSSR count). The van der Waals surface area contributed by atoms with Crippen molar-refractivity contribution in [1.29, 1.82) is 5.26 Å². The number of unbranched alkanes of at least 4 members (excludes halogenated alkanes) is 2. The molecule has 5 aromatic heterocycles. The average molecular weight is 805 g/mol. The maximum absolute atomic E-state index is 13.5. The Kier molecular flexibility index (Phi) is 12.9. The maximum Gasteiger partial charge on any atom is 0.274 e. The molecule has 1 aliphatic heterocycles. The third kappa shape index (κ3) is 9.11. The van der Waals surface area contributed by atoms with E-state index in [1.165, 1.54) is 4.57 Å². The van der Waals surface area contributed by atoms with Gasteiger partial charge in [-0.25, -0.2) is 9.97 Å². The third-order valence-electron chi connectivity index (χ3n) is 10.8. The lowest BCUT2D eigenvalue weighted by Crippen LogP contribution is -2.40. The summed E-state index contributed by atoms with van der Waals surface area (Å²) >= 11 is 6.16. The Morgan fingerprint density at radius 2 is 1.97 bits per heavy atom. The zero-order valence-corrected chi connectivity index (χ0v) is 33.6. The van der Waals surface area contributed by atoms with Crippen LogP contribution in [0.4, 0.5) is 17.3 Å². The van der Waals surface area contributed by atoms with Gasteiger partial charge in [-0.2, -0.15) is 14.9 Å². The van der Waals surface area contributed by atoms with E-state index < -0.39 is 6.04 Å². The number of hydrogen-bond acceptors (Lipinski definition) is 11. The lowest BCUT2D eigenvalue weighted by Gasteiger charge is -2.36. The molecule has 1 aliphatic rings. The fourth-order valence-corrected chi connectivity index (χ4v) is 7.80. The molecule has 0 amide bonds. The summed E-state index contributed by atoms with van der Waals surface area (Å²) < 4.78 is 9.27. The predicted octanol–water partition coefficient (Wildman–Crippen LogP) is 6.99. The zero-order chi connectivity index (χ0) is 40.6. The van der Waals surface area contributed by atoms with E-state index in [2.05, 4.69) is 49.7 Å². The number of nitrogens with zero attached hydrogens (tertiary/aromatic N) is 7. The fourth-order valence-electron chi connectivity index (χ4n) is 7.62. The van der Waals surface area contributed by atoms with Gasteiger partial charge in [-0.15, -0.1) is 0 Å². The van der Waals surface area contributed by atoms with Crippen molar-refractivity contribution in [3.05, 3.63) is 115 Å². The summed E-state index contributed by atoms with van der Waals surface area (Å²) in [7, 11) is 0. The minimum Gasteiger partial charge on any atom is -0.478 e. The lowest BCUT2D eigenvalue weighted by atomic mass is 9.99. The van der Waals surface area contributed by atoms with Crippen LogP contribution in [0.3, 0.4) is 0 Å². The topological polar surface area (TPSA) is 178 Å². The molecule has 0 radical (unpaired) electrons. The van der Waals surface area contributed by atoms with Crippen LogP contribution in [0.25, 0.3) is 16.6 Å². The zero-order valence-electron chi connectivity index (χ0n) is 32.9. The van der Waals surface area contributed by atoms with E-state index in [-0.39, 0.29) is 29.5 Å². The van der Waals surface area contributed by atoms with Crippen molar-refractivity contribution < 1.29 is 9.84 Å². The van der Waals surface area contributed by atoms with Crippen molar-refractivity contribution in [1.82, 2.24) is 29.1 Å². The predicted molar refractivity (Wildman–Crippen MR) is 227 cm³/mol. The molecule has 15 heteroatoms. The molecule has 6 aromatic rings. The molecule has 0 aliphatic carbocycles. The van der Waals surface area contributed by atoms with E-state index >= 15 is 0 Å². The van der Waals surface area contributed by atoms with Crippen molar-refractivity contribution in [3.8, 4) is 11.9 Å². The maximum atomic E-state index is 13.5. The number of aliphatic hydroxyl groups excluding tert-OH is 1. The van der Waals surface area contributed by atoms with Crippen molar-refractivity contribution in [2.75, 3.05) is 35.3 Å². The number of nitriles is 1. The van der Waals surface area contributed by atoms with E-state index in [0.717, 1.165) is 85.3 Å². The number of aromatic amines is 1. The molecular weight excluding hydrogens is 756 g/mol. The van der Waals surface area contributed by atoms with Gasteiger partial charge in [-0.1, -0.05) is 24.6 Å². The van der Waals surface area contributed by atoms with Crippen LogP contribution in [0.1, 0.15) is 87.2 Å². The second-order valence-corrected chi connectivity index (χ2v) is 15.2. The van der Waals surface area contributed by atoms with Gasteiger partial charge in [0.1, 0.15) is 29.1 Å². The molecule has 58 heavy (non-hydrogen) atoms. The second-order valence-electron chi connectivity index (χ2n) is 14.7. The molecule has 0 spiro atoms. The van der Waals surface area contributed by atoms with Crippen molar-refractivity contribution in [2.24, 2.45) is 0 Å². The Labute approximate surface area is 341 Å². The molecule has 14 nitrogen and oxygen atoms in total. The van der Waals surface area contributed by atoms with Crippen LogP contribution in [0.5, 0.6) is 5.88 Å². The molecule has 6 heterocycles. The van der Waals surface area contributed by atoms with E-state index in [1.807, 2.05) is 29.8 Å². The Morgan fingerprint density at radius 3 is 2.76 bits per heavy atom. The second kappa shape index (κ2) is 18.6. The van der Waals surface area contributed by atoms with Crippen molar-refractivity contribution in [3.63, 3.8) is 0 Å². The van der Waals surface area contributed by atoms with Crippen LogP contribution in [0.15, 0.2) is 76.6 Å². The highest BCUT2D eigenvalue weighted by Crippen LogP contribution is 2.29. The molecule has 0 bridgehead atoms. The highest BCUT2D eigenvalue weighted by Gasteiger charge is 2.25. The molecule has 1 saturated heterocycles. The number of ether oxygens (including phenoxy) is 1. The summed E-state index contributed by atoms with van der Waals surface area (Å²) in [6.07, 6.45) is 10.7. The van der Waals surface area contributed by atoms with Gasteiger partial charge in [-0.3, -0.25) is 14.2 Å². The van der Waals surface area contributed by atoms with E-state index in [9.17, 15) is 20.0 Å². The summed E-state index contributed by atoms with van der Waals surface area (Å²) in [5, 5.41) is 32.1. The number of hydrogen-bond donors (Lipinski definition) is 4. The van der Waals surface area contributed by atoms with Gasteiger partial charge in [-0.05, 0) is 100 Å². The number of fused-ring (bicyclic) bond motifs is 2. The number of pyridine rings is 3. The van der Waals surface area contributed by atoms with Gasteiger partial charge >= 0.3 is 0 Å². The number of nitrogens with one attached hydrogen (secondary N) is 3. The number of benzene rings is 1. The van der Waals surface area contributed by atoms with Crippen LogP contribution in [0, 0.1) is 11.3 Å². The largest absolute Gasteiger partial charge is 0.478 e. The molecule has 1 fully saturated rings. The van der Waals surface area contributed by atoms with Crippen LogP contribution < -0.4 is 31.4 Å². The van der Waals surface area contributed by atoms with Gasteiger partial charge in [0.05, 0.1) is 18.8 Å². The molecule has 1 aromatic carbocycles. The third-order valence-corrected chi connectivity index (χ3v) is 11.0. The van der Waals surface area contributed by atoms with E-state index in [4.69, 9.17) is 21.3 Å². The summed E-state index contributed by atoms with van der Waals surface area (Å²) in [6, 6.07) is 18.0. The molecule has 302 valence electrons. The van der Waals surface area contributed by atoms with E-state index in [1.54, 1.807) is 42.6 Å². The minimum absolute atomic E-state index is 0.158. The summed E-state index contributed by atoms with van der Waals surface area (Å²) in [5.41, 5.74) is 4.05. The Bertz CT molecular complexity index is 2520. The molecule has 0 unspecified atom stereocenters. The van der Waals surface area contributed by atoms with E-state index in [0.29, 0.717) is 53.8 Å². The van der Waals surface area contributed by atoms with Gasteiger partial charge in [0.2, 0.25) is 5.88 Å². The number of halogens is 1. The fraction of sp³-hybridized carbons (Fsp3) is 0.395. The summed E-state index contributed by atoms with van der Waals surface area (Å²) in [4.78, 5) is 41.1. The van der Waals surface area contributed by atoms with Crippen molar-refractivity contribution >= 4 is 45.5 Å². The number of H-pyrrole nitrogens is 1. The first-order valence-electron chi connectivity index (χ1n) is 20.1. The first kappa shape index (κ1) is 40.3. The van der Waals surface area contributed by atoms with Gasteiger partial charge in [0.15, 0.2) is 5.65 Å². The van der Waals surface area contributed by atoms with Crippen LogP contribution in [-0.2, 0) is 19.5 Å². The van der Waals surface area contributed by atoms with Crippen LogP contribution in [-0.4, -0.2) is 60.0 Å². The first-order chi connectivity index (χ1) is 28.3. The average Bonchev–Trinajstić information content (AvgIpc) is 3.66. The van der Waals surface area contributed by atoms with Gasteiger partial charge in [0.25, 0.3) is 11.1 Å². The first-order valence-corrected chi connectivity index (χ1v) is 20.4. The molecule has 4 N–H and O–H groups in total. The number of anilines is 3. The highest BCUT2D eigenvalue weighted by molar-refractivity contribution is 6.31. The molecule has 0 saturated carbocycles. The Hall–Kier alpha value is -5.91. The number of piperidine rings is 1. The quantitative estimate of drug-likeness (QED) is 0.0699. The smallest absolute Gasteiger partial charge is 0.274 e. The number of rotatable bonds is 17. The number of aromatic nitrogens is 6. The summed E-state index contributed by atoms with van der Waals surface area (Å²) in [5.74, 6) is 2.28. The number of aliphatic hydroxyl groups is 1. The van der Waals surface area contributed by atoms with Crippen LogP contribution >= 0.6 is 11.6 Å². The lowest BCUT2D eigenvalue weighted by molar-refractivity contribution is 0.262. The molecule has 2 atom stereocenters. The Morgan fingerprint density at radius 1 is 1.09 bits per heavy atom.